The number of amides is 9. The SMILES string of the molecule is COc1ccc2c(c1)C(c1ccc(Cl)cc1)=N[C@@H](CC(=O)N1CCN(CCOCCOCCOCCN3CCN(CCOCCOCCOCCNC(=O)CCNC(=O)c4nc(NC(=O)CCNC(=O)c5cc(NC(=O)c6nc(NC(=O)CCNC(=O)c7cc(NC(=O)c8nccn8C)cn7C)cn6C)cn5C)cn4C)CC3)CC1)c1nnc(C)n1-2. The third-order valence-corrected chi connectivity index (χ3v) is 20.4. The molecule has 2 saturated heterocycles. The molecule has 8 N–H and O–H groups in total. The summed E-state index contributed by atoms with van der Waals surface area (Å²) in [4.78, 5) is 144. The largest absolute Gasteiger partial charge is 0.497 e. The van der Waals surface area contributed by atoms with Crippen LogP contribution in [0.2, 0.25) is 5.02 Å². The van der Waals surface area contributed by atoms with Gasteiger partial charge in [0.25, 0.3) is 29.5 Å². The fraction of sp³-hybridized carbons (Fsp3) is 0.487. The van der Waals surface area contributed by atoms with Crippen LogP contribution in [0.1, 0.15) is 107 Å². The lowest BCUT2D eigenvalue weighted by Gasteiger charge is -2.35. The highest BCUT2D eigenvalue weighted by Crippen LogP contribution is 2.35. The molecule has 9 heterocycles. The number of benzene rings is 2. The van der Waals surface area contributed by atoms with E-state index in [9.17, 15) is 43.2 Å². The zero-order valence-electron chi connectivity index (χ0n) is 69.2. The number of ether oxygens (including phenoxy) is 7. The highest BCUT2D eigenvalue weighted by molar-refractivity contribution is 6.30. The average molecular weight is 1700 g/mol. The highest BCUT2D eigenvalue weighted by atomic mass is 35.5. The monoisotopic (exact) mass is 1690 g/mol. The van der Waals surface area contributed by atoms with Crippen molar-refractivity contribution < 1.29 is 76.3 Å². The molecule has 3 aliphatic heterocycles. The summed E-state index contributed by atoms with van der Waals surface area (Å²) in [5.41, 5.74) is 4.37. The number of rotatable bonds is 46. The first-order valence-electron chi connectivity index (χ1n) is 40.1. The van der Waals surface area contributed by atoms with E-state index in [1.165, 1.54) is 55.2 Å². The first-order chi connectivity index (χ1) is 58.5. The second-order valence-electron chi connectivity index (χ2n) is 28.9. The summed E-state index contributed by atoms with van der Waals surface area (Å²) in [5.74, 6) is -1.56. The van der Waals surface area contributed by atoms with Gasteiger partial charge in [0.2, 0.25) is 35.3 Å². The Balaban J connectivity index is 0.444. The van der Waals surface area contributed by atoms with Crippen LogP contribution in [0.25, 0.3) is 5.69 Å². The number of anilines is 4. The molecule has 1 atom stereocenters. The maximum Gasteiger partial charge on any atom is 0.291 e. The summed E-state index contributed by atoms with van der Waals surface area (Å²) in [5, 5.41) is 31.0. The second-order valence-corrected chi connectivity index (χ2v) is 29.3. The average Bonchev–Trinajstić information content (AvgIpc) is 1.61. The minimum atomic E-state index is -0.637. The molecule has 2 aromatic carbocycles. The molecule has 0 saturated carbocycles. The van der Waals surface area contributed by atoms with Gasteiger partial charge in [0.05, 0.1) is 116 Å². The van der Waals surface area contributed by atoms with E-state index < -0.39 is 47.4 Å². The number of halogens is 1. The normalized spacial score (nSPS) is 14.3. The van der Waals surface area contributed by atoms with Crippen LogP contribution >= 0.6 is 11.6 Å². The molecule has 0 unspecified atom stereocenters. The minimum absolute atomic E-state index is 0.00371. The van der Waals surface area contributed by atoms with E-state index in [-0.39, 0.29) is 116 Å². The van der Waals surface area contributed by atoms with Crippen molar-refractivity contribution in [3.8, 4) is 11.4 Å². The number of hydrogen-bond acceptors (Lipinski definition) is 25. The highest BCUT2D eigenvalue weighted by Gasteiger charge is 2.33. The molecule has 40 nitrogen and oxygen atoms in total. The Morgan fingerprint density at radius 3 is 1.45 bits per heavy atom. The van der Waals surface area contributed by atoms with Crippen LogP contribution in [-0.2, 0) is 82.8 Å². The van der Waals surface area contributed by atoms with Crippen molar-refractivity contribution in [1.29, 1.82) is 0 Å². The van der Waals surface area contributed by atoms with Gasteiger partial charge in [0.15, 0.2) is 23.3 Å². The number of carbonyl (C=O) groups excluding carboxylic acids is 9. The van der Waals surface area contributed by atoms with E-state index in [1.807, 2.05) is 58.9 Å². The Labute approximate surface area is 704 Å². The summed E-state index contributed by atoms with van der Waals surface area (Å²) in [6.45, 7) is 16.9. The number of methoxy groups -OCH3 is 1. The zero-order chi connectivity index (χ0) is 85.7. The van der Waals surface area contributed by atoms with Crippen molar-refractivity contribution in [2.75, 3.05) is 206 Å². The van der Waals surface area contributed by atoms with Gasteiger partial charge in [-0.05, 0) is 49.4 Å². The maximum absolute atomic E-state index is 14.0. The van der Waals surface area contributed by atoms with Crippen LogP contribution in [0.15, 0.2) is 96.8 Å². The number of imidazole rings is 3. The number of carbonyl (C=O) groups is 9. The predicted molar refractivity (Wildman–Crippen MR) is 445 cm³/mol. The zero-order valence-corrected chi connectivity index (χ0v) is 70.0. The van der Waals surface area contributed by atoms with Gasteiger partial charge in [-0.25, -0.2) is 15.0 Å². The number of hydrogen-bond donors (Lipinski definition) is 8. The van der Waals surface area contributed by atoms with Crippen LogP contribution in [0.5, 0.6) is 5.75 Å². The molecule has 9 amide bonds. The van der Waals surface area contributed by atoms with Gasteiger partial charge < -0.3 is 103 Å². The van der Waals surface area contributed by atoms with Crippen molar-refractivity contribution in [3.05, 3.63) is 148 Å². The first kappa shape index (κ1) is 90.2. The van der Waals surface area contributed by atoms with Crippen LogP contribution in [0.4, 0.5) is 23.0 Å². The Morgan fingerprint density at radius 2 is 0.942 bits per heavy atom. The number of piperazine rings is 2. The summed E-state index contributed by atoms with van der Waals surface area (Å²) in [6.07, 6.45) is 9.01. The number of aliphatic imine (C=N–C) groups is 1. The van der Waals surface area contributed by atoms with Gasteiger partial charge in [-0.1, -0.05) is 23.7 Å². The van der Waals surface area contributed by atoms with Crippen molar-refractivity contribution in [1.82, 2.24) is 93.4 Å². The molecule has 41 heteroatoms. The Hall–Kier alpha value is -11.6. The molecule has 121 heavy (non-hydrogen) atoms. The van der Waals surface area contributed by atoms with Gasteiger partial charge in [-0.15, -0.1) is 10.2 Å². The van der Waals surface area contributed by atoms with Crippen molar-refractivity contribution in [2.24, 2.45) is 40.2 Å². The Bertz CT molecular complexity index is 4880. The molecule has 0 aliphatic carbocycles. The fourth-order valence-electron chi connectivity index (χ4n) is 13.6. The number of nitrogens with zero attached hydrogens (tertiary/aromatic N) is 16. The Morgan fingerprint density at radius 1 is 0.471 bits per heavy atom. The number of fused-ring (bicyclic) bond motifs is 3. The number of aromatic nitrogens is 11. The topological polar surface area (TPSA) is 434 Å². The van der Waals surface area contributed by atoms with E-state index in [4.69, 9.17) is 49.8 Å². The van der Waals surface area contributed by atoms with E-state index in [2.05, 4.69) is 82.4 Å². The molecule has 8 aromatic rings. The molecule has 0 spiro atoms. The quantitative estimate of drug-likeness (QED) is 0.0254. The first-order valence-corrected chi connectivity index (χ1v) is 40.5. The molecular formula is C80H107ClN24O16. The summed E-state index contributed by atoms with van der Waals surface area (Å²) in [7, 11) is 9.69. The Kier molecular flexibility index (Phi) is 33.7. The van der Waals surface area contributed by atoms with Gasteiger partial charge in [0, 0.05) is 206 Å². The molecule has 2 fully saturated rings. The van der Waals surface area contributed by atoms with Gasteiger partial charge in [-0.2, -0.15) is 0 Å². The summed E-state index contributed by atoms with van der Waals surface area (Å²) in [6, 6.07) is 15.8. The van der Waals surface area contributed by atoms with E-state index >= 15 is 0 Å². The van der Waals surface area contributed by atoms with Crippen LogP contribution in [0.3, 0.4) is 0 Å². The third-order valence-electron chi connectivity index (χ3n) is 20.1. The van der Waals surface area contributed by atoms with Crippen LogP contribution in [0, 0.1) is 6.92 Å². The number of nitrogens with one attached hydrogen (secondary N) is 8. The van der Waals surface area contributed by atoms with Gasteiger partial charge >= 0.3 is 0 Å². The fourth-order valence-corrected chi connectivity index (χ4v) is 13.8. The molecule has 650 valence electrons. The predicted octanol–water partition coefficient (Wildman–Crippen LogP) is 2.22. The smallest absolute Gasteiger partial charge is 0.291 e. The third kappa shape index (κ3) is 26.4. The number of aryl methyl sites for hydroxylation is 6. The van der Waals surface area contributed by atoms with Gasteiger partial charge in [-0.3, -0.25) is 67.4 Å². The van der Waals surface area contributed by atoms with E-state index in [0.29, 0.717) is 114 Å². The lowest BCUT2D eigenvalue weighted by Crippen LogP contribution is -2.49. The van der Waals surface area contributed by atoms with Gasteiger partial charge in [0.1, 0.15) is 29.0 Å². The van der Waals surface area contributed by atoms with Crippen molar-refractivity contribution in [3.63, 3.8) is 0 Å². The lowest BCUT2D eigenvalue weighted by atomic mass is 10.00. The standard InChI is InChI=1S/C80H107ClN24O16/c1-54-94-95-72-61(89-71(55-8-10-56(81)11-9-55)60-48-59(115-7)12-13-62(60)105(54)72)49-70(109)104-29-27-103(28-30-104)33-37-119-41-45-121-44-40-118-36-32-102-25-23-101(24-26-102)31-35-117-39-43-120-42-38-116-34-21-82-67(106)14-17-86-78(112)74-92-65(52-99(74)5)90-68(107)15-18-85-77(111)64-47-58(51-98(64)4)88-80(114)75-93-66(53-100(75)6)91-69(108)16-19-84-76(110)63-46-57(50-97(63)3)87-79(113)73-83-20-22-96(73)2/h8-13,20,22,46-48,50-53,61H,14-19,21,23-45,49H2,1-7H3,(H,82,106)(H,84,110)(H,85,111)(H,86,112)(H,87,113)(H,88,114)(H,90,107)(H,91,108)/t61-/m0/s1. The maximum atomic E-state index is 14.0. The lowest BCUT2D eigenvalue weighted by molar-refractivity contribution is -0.133. The molecule has 6 aromatic heterocycles. The molecule has 11 rings (SSSR count). The van der Waals surface area contributed by atoms with E-state index in [0.717, 1.165) is 81.4 Å². The summed E-state index contributed by atoms with van der Waals surface area (Å²) >= 11 is 6.28. The summed E-state index contributed by atoms with van der Waals surface area (Å²) < 4.78 is 49.6. The second kappa shape index (κ2) is 45.2. The minimum Gasteiger partial charge on any atom is -0.497 e. The van der Waals surface area contributed by atoms with Crippen molar-refractivity contribution in [2.45, 2.75) is 38.6 Å². The van der Waals surface area contributed by atoms with Crippen LogP contribution in [-0.4, -0.2) is 316 Å². The molecule has 0 bridgehead atoms. The van der Waals surface area contributed by atoms with E-state index in [1.54, 1.807) is 59.3 Å². The molecule has 3 aliphatic rings. The van der Waals surface area contributed by atoms with Crippen molar-refractivity contribution >= 4 is 93.5 Å². The molecular weight excluding hydrogens is 1590 g/mol. The van der Waals surface area contributed by atoms with Crippen LogP contribution < -0.4 is 47.3 Å². The molecule has 0 radical (unpaired) electrons.